The van der Waals surface area contributed by atoms with Crippen molar-refractivity contribution >= 4 is 34.8 Å². The second kappa shape index (κ2) is 5.62. The zero-order chi connectivity index (χ0) is 14.9. The molecule has 6 heteroatoms. The second-order valence-corrected chi connectivity index (χ2v) is 6.87. The van der Waals surface area contributed by atoms with Crippen molar-refractivity contribution in [1.82, 2.24) is 9.78 Å². The molecular formula is C16H13N3OS2. The van der Waals surface area contributed by atoms with Gasteiger partial charge in [-0.2, -0.15) is 16.4 Å². The maximum atomic E-state index is 12.1. The normalized spacial score (nSPS) is 17.6. The first-order valence-electron chi connectivity index (χ1n) is 6.90. The van der Waals surface area contributed by atoms with Crippen LogP contribution in [0.1, 0.15) is 16.4 Å². The SMILES string of the molecule is O=C1CSC(c2ccsc2)c2cnn(-c3ccccc3)c2N1. The molecular weight excluding hydrogens is 314 g/mol. The molecule has 0 spiro atoms. The van der Waals surface area contributed by atoms with Gasteiger partial charge in [0.2, 0.25) is 5.91 Å². The summed E-state index contributed by atoms with van der Waals surface area (Å²) in [6, 6.07) is 12.0. The minimum Gasteiger partial charge on any atom is -0.310 e. The van der Waals surface area contributed by atoms with Crippen molar-refractivity contribution in [3.63, 3.8) is 0 Å². The van der Waals surface area contributed by atoms with Crippen LogP contribution in [0.15, 0.2) is 53.4 Å². The number of carbonyl (C=O) groups excluding carboxylic acids is 1. The van der Waals surface area contributed by atoms with Crippen LogP contribution in [0.4, 0.5) is 5.82 Å². The predicted octanol–water partition coefficient (Wildman–Crippen LogP) is 3.71. The highest BCUT2D eigenvalue weighted by molar-refractivity contribution is 8.00. The van der Waals surface area contributed by atoms with Gasteiger partial charge in [-0.1, -0.05) is 18.2 Å². The van der Waals surface area contributed by atoms with Gasteiger partial charge in [0.15, 0.2) is 0 Å². The van der Waals surface area contributed by atoms with E-state index in [2.05, 4.69) is 27.2 Å². The summed E-state index contributed by atoms with van der Waals surface area (Å²) < 4.78 is 1.80. The molecule has 1 unspecified atom stereocenters. The fourth-order valence-electron chi connectivity index (χ4n) is 2.56. The van der Waals surface area contributed by atoms with Crippen molar-refractivity contribution in [3.8, 4) is 5.69 Å². The molecule has 22 heavy (non-hydrogen) atoms. The van der Waals surface area contributed by atoms with Gasteiger partial charge >= 0.3 is 0 Å². The van der Waals surface area contributed by atoms with Crippen LogP contribution in [0, 0.1) is 0 Å². The first-order valence-corrected chi connectivity index (χ1v) is 8.89. The molecule has 110 valence electrons. The number of amides is 1. The molecule has 1 atom stereocenters. The number of para-hydroxylation sites is 1. The first-order chi connectivity index (χ1) is 10.8. The van der Waals surface area contributed by atoms with Crippen LogP contribution in [0.5, 0.6) is 0 Å². The summed E-state index contributed by atoms with van der Waals surface area (Å²) in [6.07, 6.45) is 1.86. The Bertz CT molecular complexity index is 796. The molecule has 0 fully saturated rings. The topological polar surface area (TPSA) is 46.9 Å². The largest absolute Gasteiger partial charge is 0.310 e. The summed E-state index contributed by atoms with van der Waals surface area (Å²) in [5, 5.41) is 11.8. The van der Waals surface area contributed by atoms with Gasteiger partial charge in [0.25, 0.3) is 0 Å². The Morgan fingerprint density at radius 3 is 2.86 bits per heavy atom. The van der Waals surface area contributed by atoms with Gasteiger partial charge in [-0.05, 0) is 34.5 Å². The summed E-state index contributed by atoms with van der Waals surface area (Å²) in [7, 11) is 0. The molecule has 0 aliphatic carbocycles. The van der Waals surface area contributed by atoms with Crippen molar-refractivity contribution in [2.24, 2.45) is 0 Å². The lowest BCUT2D eigenvalue weighted by Crippen LogP contribution is -2.15. The summed E-state index contributed by atoms with van der Waals surface area (Å²) >= 11 is 3.32. The van der Waals surface area contributed by atoms with Gasteiger partial charge in [-0.25, -0.2) is 4.68 Å². The highest BCUT2D eigenvalue weighted by Crippen LogP contribution is 2.42. The number of fused-ring (bicyclic) bond motifs is 1. The number of hydrogen-bond donors (Lipinski definition) is 1. The molecule has 3 aromatic rings. The predicted molar refractivity (Wildman–Crippen MR) is 90.8 cm³/mol. The fourth-order valence-corrected chi connectivity index (χ4v) is 4.41. The summed E-state index contributed by atoms with van der Waals surface area (Å²) in [4.78, 5) is 12.1. The van der Waals surface area contributed by atoms with Crippen LogP contribution in [-0.4, -0.2) is 21.4 Å². The third-order valence-electron chi connectivity index (χ3n) is 3.57. The van der Waals surface area contributed by atoms with Crippen LogP contribution in [-0.2, 0) is 4.79 Å². The third-order valence-corrected chi connectivity index (χ3v) is 5.56. The fraction of sp³-hybridized carbons (Fsp3) is 0.125. The molecule has 0 radical (unpaired) electrons. The van der Waals surface area contributed by atoms with Crippen molar-refractivity contribution in [2.45, 2.75) is 5.25 Å². The highest BCUT2D eigenvalue weighted by Gasteiger charge is 2.28. The van der Waals surface area contributed by atoms with E-state index in [9.17, 15) is 4.79 Å². The summed E-state index contributed by atoms with van der Waals surface area (Å²) in [5.41, 5.74) is 3.22. The van der Waals surface area contributed by atoms with E-state index in [1.165, 1.54) is 5.56 Å². The number of nitrogens with one attached hydrogen (secondary N) is 1. The van der Waals surface area contributed by atoms with Gasteiger partial charge < -0.3 is 5.32 Å². The Morgan fingerprint density at radius 1 is 1.23 bits per heavy atom. The van der Waals surface area contributed by atoms with E-state index < -0.39 is 0 Å². The third kappa shape index (κ3) is 2.34. The van der Waals surface area contributed by atoms with Crippen LogP contribution < -0.4 is 5.32 Å². The standard InChI is InChI=1S/C16H13N3OS2/c20-14-10-22-15(11-6-7-21-9-11)13-8-17-19(16(13)18-14)12-4-2-1-3-5-12/h1-9,15H,10H2,(H,18,20). The zero-order valence-electron chi connectivity index (χ0n) is 11.6. The molecule has 4 rings (SSSR count). The number of thioether (sulfide) groups is 1. The van der Waals surface area contributed by atoms with Crippen LogP contribution in [0.3, 0.4) is 0 Å². The van der Waals surface area contributed by atoms with E-state index in [1.54, 1.807) is 27.8 Å². The quantitative estimate of drug-likeness (QED) is 0.780. The minimum atomic E-state index is 0.0154. The number of hydrogen-bond acceptors (Lipinski definition) is 4. The van der Waals surface area contributed by atoms with E-state index in [1.807, 2.05) is 36.5 Å². The minimum absolute atomic E-state index is 0.0154. The lowest BCUT2D eigenvalue weighted by Gasteiger charge is -2.12. The van der Waals surface area contributed by atoms with Gasteiger partial charge in [-0.15, -0.1) is 11.8 Å². The van der Waals surface area contributed by atoms with E-state index in [0.29, 0.717) is 5.75 Å². The number of rotatable bonds is 2. The monoisotopic (exact) mass is 327 g/mol. The molecule has 1 aliphatic rings. The van der Waals surface area contributed by atoms with Crippen molar-refractivity contribution in [3.05, 3.63) is 64.5 Å². The number of thiophene rings is 1. The molecule has 1 aromatic carbocycles. The summed E-state index contributed by atoms with van der Waals surface area (Å²) in [5.74, 6) is 1.24. The lowest BCUT2D eigenvalue weighted by atomic mass is 10.1. The van der Waals surface area contributed by atoms with Crippen molar-refractivity contribution in [1.29, 1.82) is 0 Å². The molecule has 0 bridgehead atoms. The van der Waals surface area contributed by atoms with Crippen LogP contribution in [0.2, 0.25) is 0 Å². The number of aromatic nitrogens is 2. The number of anilines is 1. The van der Waals surface area contributed by atoms with Gasteiger partial charge in [0.1, 0.15) is 5.82 Å². The molecule has 4 nitrogen and oxygen atoms in total. The van der Waals surface area contributed by atoms with E-state index in [4.69, 9.17) is 0 Å². The molecule has 3 heterocycles. The van der Waals surface area contributed by atoms with E-state index in [-0.39, 0.29) is 11.2 Å². The smallest absolute Gasteiger partial charge is 0.235 e. The lowest BCUT2D eigenvalue weighted by molar-refractivity contribution is -0.113. The molecule has 1 aliphatic heterocycles. The molecule has 1 N–H and O–H groups in total. The average Bonchev–Trinajstić information content (AvgIpc) is 3.17. The molecule has 1 amide bonds. The molecule has 0 saturated carbocycles. The Labute approximate surface area is 136 Å². The van der Waals surface area contributed by atoms with Gasteiger partial charge in [0, 0.05) is 5.56 Å². The Kier molecular flexibility index (Phi) is 3.48. The maximum absolute atomic E-state index is 12.1. The van der Waals surface area contributed by atoms with Crippen molar-refractivity contribution in [2.75, 3.05) is 11.1 Å². The maximum Gasteiger partial charge on any atom is 0.235 e. The molecule has 2 aromatic heterocycles. The zero-order valence-corrected chi connectivity index (χ0v) is 13.2. The molecule has 0 saturated heterocycles. The van der Waals surface area contributed by atoms with E-state index >= 15 is 0 Å². The Morgan fingerprint density at radius 2 is 2.09 bits per heavy atom. The Balaban J connectivity index is 1.85. The number of nitrogens with zero attached hydrogens (tertiary/aromatic N) is 2. The van der Waals surface area contributed by atoms with Gasteiger partial charge in [-0.3, -0.25) is 4.79 Å². The highest BCUT2D eigenvalue weighted by atomic mass is 32.2. The van der Waals surface area contributed by atoms with Crippen LogP contribution >= 0.6 is 23.1 Å². The number of benzene rings is 1. The first kappa shape index (κ1) is 13.6. The summed E-state index contributed by atoms with van der Waals surface area (Å²) in [6.45, 7) is 0. The second-order valence-electron chi connectivity index (χ2n) is 4.99. The van der Waals surface area contributed by atoms with E-state index in [0.717, 1.165) is 17.1 Å². The van der Waals surface area contributed by atoms with Crippen LogP contribution in [0.25, 0.3) is 5.69 Å². The van der Waals surface area contributed by atoms with Crippen molar-refractivity contribution < 1.29 is 4.79 Å². The number of carbonyl (C=O) groups is 1. The average molecular weight is 327 g/mol. The van der Waals surface area contributed by atoms with Gasteiger partial charge in [0.05, 0.1) is 22.9 Å². The Hall–Kier alpha value is -2.05.